The lowest BCUT2D eigenvalue weighted by Gasteiger charge is -2.05. The van der Waals surface area contributed by atoms with Crippen LogP contribution in [0.25, 0.3) is 0 Å². The maximum Gasteiger partial charge on any atom is 0.229 e. The zero-order valence-corrected chi connectivity index (χ0v) is 12.6. The van der Waals surface area contributed by atoms with Gasteiger partial charge in [0.1, 0.15) is 6.26 Å². The molecule has 0 spiro atoms. The minimum absolute atomic E-state index is 0.326. The molecule has 20 heavy (non-hydrogen) atoms. The normalized spacial score (nSPS) is 12.8. The van der Waals surface area contributed by atoms with Crippen LogP contribution in [0.15, 0.2) is 15.2 Å². The summed E-state index contributed by atoms with van der Waals surface area (Å²) in [4.78, 5) is 8.74. The molecule has 0 amide bonds. The van der Waals surface area contributed by atoms with Gasteiger partial charge in [0.05, 0.1) is 5.69 Å². The number of hydrogen-bond acceptors (Lipinski definition) is 5. The third-order valence-corrected chi connectivity index (χ3v) is 3.37. The highest BCUT2D eigenvalue weighted by Gasteiger charge is 2.13. The second kappa shape index (κ2) is 7.22. The first-order valence-electron chi connectivity index (χ1n) is 7.42. The van der Waals surface area contributed by atoms with Crippen LogP contribution in [-0.4, -0.2) is 15.1 Å². The Labute approximate surface area is 119 Å². The predicted octanol–water partition coefficient (Wildman–Crippen LogP) is 3.84. The monoisotopic (exact) mass is 277 g/mol. The van der Waals surface area contributed by atoms with E-state index in [1.165, 1.54) is 0 Å². The van der Waals surface area contributed by atoms with Gasteiger partial charge in [-0.3, -0.25) is 0 Å². The third kappa shape index (κ3) is 4.18. The van der Waals surface area contributed by atoms with Crippen LogP contribution in [0.4, 0.5) is 0 Å². The summed E-state index contributed by atoms with van der Waals surface area (Å²) in [5.74, 6) is 2.66. The van der Waals surface area contributed by atoms with E-state index >= 15 is 0 Å². The number of aryl methyl sites for hydroxylation is 3. The van der Waals surface area contributed by atoms with Crippen LogP contribution in [0.3, 0.4) is 0 Å². The average Bonchev–Trinajstić information content (AvgIpc) is 3.04. The van der Waals surface area contributed by atoms with Gasteiger partial charge in [0.25, 0.3) is 0 Å². The number of unbranched alkanes of at least 4 members (excludes halogenated alkanes) is 1. The minimum Gasteiger partial charge on any atom is -0.449 e. The zero-order valence-electron chi connectivity index (χ0n) is 12.6. The molecule has 0 aliphatic heterocycles. The average molecular weight is 277 g/mol. The van der Waals surface area contributed by atoms with Gasteiger partial charge < -0.3 is 8.94 Å². The predicted molar refractivity (Wildman–Crippen MR) is 75.5 cm³/mol. The highest BCUT2D eigenvalue weighted by Crippen LogP contribution is 2.20. The Bertz CT molecular complexity index is 519. The van der Waals surface area contributed by atoms with Crippen LogP contribution in [0.1, 0.15) is 68.7 Å². The molecule has 110 valence electrons. The Morgan fingerprint density at radius 2 is 2.05 bits per heavy atom. The summed E-state index contributed by atoms with van der Waals surface area (Å²) in [7, 11) is 0. The van der Waals surface area contributed by atoms with Crippen molar-refractivity contribution in [2.75, 3.05) is 0 Å². The van der Waals surface area contributed by atoms with Crippen LogP contribution in [0.5, 0.6) is 0 Å². The lowest BCUT2D eigenvalue weighted by Crippen LogP contribution is -1.96. The molecule has 0 fully saturated rings. The van der Waals surface area contributed by atoms with Crippen molar-refractivity contribution >= 4 is 0 Å². The van der Waals surface area contributed by atoms with Gasteiger partial charge in [0.2, 0.25) is 5.89 Å². The number of aromatic nitrogens is 3. The van der Waals surface area contributed by atoms with Crippen molar-refractivity contribution in [2.24, 2.45) is 0 Å². The highest BCUT2D eigenvalue weighted by molar-refractivity contribution is 4.96. The molecule has 0 saturated heterocycles. The smallest absolute Gasteiger partial charge is 0.229 e. The molecule has 0 N–H and O–H groups in total. The fraction of sp³-hybridized carbons (Fsp3) is 0.667. The summed E-state index contributed by atoms with van der Waals surface area (Å²) in [6.45, 7) is 6.13. The van der Waals surface area contributed by atoms with Crippen molar-refractivity contribution in [1.82, 2.24) is 15.1 Å². The van der Waals surface area contributed by atoms with E-state index in [1.807, 2.05) is 6.92 Å². The third-order valence-electron chi connectivity index (χ3n) is 3.37. The Morgan fingerprint density at radius 1 is 1.20 bits per heavy atom. The first kappa shape index (κ1) is 14.8. The fourth-order valence-electron chi connectivity index (χ4n) is 2.20. The molecule has 0 aromatic carbocycles. The molecule has 1 atom stereocenters. The standard InChI is InChI=1S/C15H23N3O2/c1-4-7-14-17-15(20-18-14)11(2)8-5-6-9-13-10-19-12(3)16-13/h10-11H,4-9H2,1-3H3. The van der Waals surface area contributed by atoms with E-state index in [4.69, 9.17) is 8.94 Å². The summed E-state index contributed by atoms with van der Waals surface area (Å²) in [6.07, 6.45) is 7.93. The molecule has 0 saturated carbocycles. The van der Waals surface area contributed by atoms with Crippen LogP contribution >= 0.6 is 0 Å². The van der Waals surface area contributed by atoms with E-state index in [9.17, 15) is 0 Å². The van der Waals surface area contributed by atoms with Crippen LogP contribution in [0.2, 0.25) is 0 Å². The molecule has 0 aliphatic rings. The first-order valence-corrected chi connectivity index (χ1v) is 7.42. The highest BCUT2D eigenvalue weighted by atomic mass is 16.5. The largest absolute Gasteiger partial charge is 0.449 e. The maximum atomic E-state index is 5.31. The summed E-state index contributed by atoms with van der Waals surface area (Å²) >= 11 is 0. The van der Waals surface area contributed by atoms with Crippen molar-refractivity contribution in [3.8, 4) is 0 Å². The Hall–Kier alpha value is -1.65. The molecule has 2 aromatic rings. The lowest BCUT2D eigenvalue weighted by molar-refractivity contribution is 0.346. The first-order chi connectivity index (χ1) is 9.69. The Morgan fingerprint density at radius 3 is 2.75 bits per heavy atom. The Kier molecular flexibility index (Phi) is 5.32. The van der Waals surface area contributed by atoms with Crippen molar-refractivity contribution in [3.05, 3.63) is 29.6 Å². The molecule has 5 heteroatoms. The summed E-state index contributed by atoms with van der Waals surface area (Å²) in [5, 5.41) is 4.00. The summed E-state index contributed by atoms with van der Waals surface area (Å²) in [5.41, 5.74) is 1.04. The number of nitrogens with zero attached hydrogens (tertiary/aromatic N) is 3. The summed E-state index contributed by atoms with van der Waals surface area (Å²) < 4.78 is 10.5. The van der Waals surface area contributed by atoms with E-state index in [0.29, 0.717) is 5.92 Å². The van der Waals surface area contributed by atoms with E-state index in [-0.39, 0.29) is 0 Å². The molecular formula is C15H23N3O2. The molecular weight excluding hydrogens is 254 g/mol. The molecule has 2 rings (SSSR count). The van der Waals surface area contributed by atoms with Gasteiger partial charge in [-0.15, -0.1) is 0 Å². The van der Waals surface area contributed by atoms with Gasteiger partial charge in [-0.25, -0.2) is 4.98 Å². The zero-order chi connectivity index (χ0) is 14.4. The van der Waals surface area contributed by atoms with Crippen LogP contribution in [0, 0.1) is 6.92 Å². The number of hydrogen-bond donors (Lipinski definition) is 0. The van der Waals surface area contributed by atoms with Gasteiger partial charge in [0, 0.05) is 19.3 Å². The van der Waals surface area contributed by atoms with Crippen LogP contribution < -0.4 is 0 Å². The Balaban J connectivity index is 1.70. The topological polar surface area (TPSA) is 65.0 Å². The van der Waals surface area contributed by atoms with Gasteiger partial charge in [-0.1, -0.05) is 25.4 Å². The van der Waals surface area contributed by atoms with E-state index in [1.54, 1.807) is 6.26 Å². The molecule has 1 unspecified atom stereocenters. The molecule has 2 aromatic heterocycles. The number of oxazole rings is 1. The van der Waals surface area contributed by atoms with Crippen molar-refractivity contribution in [1.29, 1.82) is 0 Å². The lowest BCUT2D eigenvalue weighted by atomic mass is 10.0. The van der Waals surface area contributed by atoms with Crippen LogP contribution in [-0.2, 0) is 12.8 Å². The van der Waals surface area contributed by atoms with Gasteiger partial charge in [0.15, 0.2) is 11.7 Å². The van der Waals surface area contributed by atoms with E-state index < -0.39 is 0 Å². The van der Waals surface area contributed by atoms with Crippen molar-refractivity contribution < 1.29 is 8.94 Å². The molecule has 0 radical (unpaired) electrons. The van der Waals surface area contributed by atoms with E-state index in [0.717, 1.165) is 61.8 Å². The SMILES string of the molecule is CCCc1noc(C(C)CCCCc2coc(C)n2)n1. The van der Waals surface area contributed by atoms with Gasteiger partial charge in [-0.05, 0) is 25.7 Å². The molecule has 0 bridgehead atoms. The second-order valence-corrected chi connectivity index (χ2v) is 5.30. The molecule has 5 nitrogen and oxygen atoms in total. The minimum atomic E-state index is 0.326. The second-order valence-electron chi connectivity index (χ2n) is 5.30. The number of rotatable bonds is 8. The van der Waals surface area contributed by atoms with Gasteiger partial charge >= 0.3 is 0 Å². The fourth-order valence-corrected chi connectivity index (χ4v) is 2.20. The maximum absolute atomic E-state index is 5.31. The quantitative estimate of drug-likeness (QED) is 0.686. The van der Waals surface area contributed by atoms with Gasteiger partial charge in [-0.2, -0.15) is 4.98 Å². The van der Waals surface area contributed by atoms with Crippen molar-refractivity contribution in [3.63, 3.8) is 0 Å². The van der Waals surface area contributed by atoms with Crippen molar-refractivity contribution in [2.45, 2.75) is 65.2 Å². The molecule has 0 aliphatic carbocycles. The molecule has 2 heterocycles. The van der Waals surface area contributed by atoms with E-state index in [2.05, 4.69) is 29.0 Å². The summed E-state index contributed by atoms with van der Waals surface area (Å²) in [6, 6.07) is 0.